The van der Waals surface area contributed by atoms with Crippen molar-refractivity contribution in [2.24, 2.45) is 5.92 Å². The monoisotopic (exact) mass is 139 g/mol. The summed E-state index contributed by atoms with van der Waals surface area (Å²) >= 11 is 0. The fourth-order valence-electron chi connectivity index (χ4n) is 1.66. The predicted octanol–water partition coefficient (Wildman–Crippen LogP) is 1.51. The first-order chi connectivity index (χ1) is 4.79. The molecule has 0 spiro atoms. The van der Waals surface area contributed by atoms with Crippen LogP contribution in [-0.2, 0) is 0 Å². The van der Waals surface area contributed by atoms with Gasteiger partial charge in [-0.15, -0.1) is 0 Å². The molecule has 0 aromatic carbocycles. The molecule has 0 saturated carbocycles. The van der Waals surface area contributed by atoms with E-state index in [1.165, 1.54) is 39.7 Å². The summed E-state index contributed by atoms with van der Waals surface area (Å²) in [5.74, 6) is 0.845. The van der Waals surface area contributed by atoms with Crippen molar-refractivity contribution in [3.05, 3.63) is 0 Å². The van der Waals surface area contributed by atoms with E-state index in [1.807, 2.05) is 0 Å². The number of nitrogens with zero attached hydrogens (tertiary/aromatic N) is 1. The van der Waals surface area contributed by atoms with Crippen LogP contribution in [0.4, 0.5) is 0 Å². The van der Waals surface area contributed by atoms with Gasteiger partial charge in [-0.05, 0) is 25.4 Å². The van der Waals surface area contributed by atoms with Crippen LogP contribution in [0.15, 0.2) is 0 Å². The highest BCUT2D eigenvalue weighted by molar-refractivity contribution is 6.32. The number of hydrogen-bond donors (Lipinski definition) is 0. The molecule has 2 heteroatoms. The second kappa shape index (κ2) is 4.02. The highest BCUT2D eigenvalue weighted by Crippen LogP contribution is 2.09. The second-order valence-corrected chi connectivity index (χ2v) is 3.76. The van der Waals surface area contributed by atoms with E-state index in [1.54, 1.807) is 0 Å². The third kappa shape index (κ3) is 2.74. The fourth-order valence-corrected chi connectivity index (χ4v) is 1.66. The van der Waals surface area contributed by atoms with Crippen LogP contribution < -0.4 is 0 Å². The maximum atomic E-state index is 2.59. The fraction of sp³-hybridized carbons (Fsp3) is 1.00. The Morgan fingerprint density at radius 3 is 2.70 bits per heavy atom. The summed E-state index contributed by atoms with van der Waals surface area (Å²) in [5.41, 5.74) is 0. The lowest BCUT2D eigenvalue weighted by Crippen LogP contribution is -2.35. The van der Waals surface area contributed by atoms with Gasteiger partial charge in [-0.25, -0.2) is 0 Å². The van der Waals surface area contributed by atoms with Crippen LogP contribution in [0.1, 0.15) is 26.7 Å². The molecule has 1 aliphatic heterocycles. The van der Waals surface area contributed by atoms with Crippen molar-refractivity contribution < 1.29 is 0 Å². The predicted molar refractivity (Wildman–Crippen MR) is 47.6 cm³/mol. The molecule has 1 rings (SSSR count). The summed E-state index contributed by atoms with van der Waals surface area (Å²) in [4.78, 5) is 2.59. The van der Waals surface area contributed by atoms with Gasteiger partial charge in [0.2, 0.25) is 7.41 Å². The molecule has 58 valence electrons. The molecule has 0 aromatic rings. The Kier molecular flexibility index (Phi) is 3.27. The van der Waals surface area contributed by atoms with Gasteiger partial charge in [-0.1, -0.05) is 26.6 Å². The summed E-state index contributed by atoms with van der Waals surface area (Å²) in [7, 11) is 1.35. The lowest BCUT2D eigenvalue weighted by molar-refractivity contribution is 0.361. The van der Waals surface area contributed by atoms with Crippen LogP contribution in [0, 0.1) is 5.92 Å². The smallest absolute Gasteiger partial charge is 0.204 e. The van der Waals surface area contributed by atoms with Crippen molar-refractivity contribution in [1.82, 2.24) is 4.81 Å². The minimum atomic E-state index is 0.845. The van der Waals surface area contributed by atoms with Crippen LogP contribution in [0.2, 0.25) is 6.32 Å². The van der Waals surface area contributed by atoms with Crippen LogP contribution in [0.5, 0.6) is 0 Å². The molecule has 0 N–H and O–H groups in total. The lowest BCUT2D eigenvalue weighted by Gasteiger charge is -2.27. The summed E-state index contributed by atoms with van der Waals surface area (Å²) in [5, 5.41) is 0. The van der Waals surface area contributed by atoms with Crippen LogP contribution in [0.3, 0.4) is 0 Å². The first-order valence-electron chi connectivity index (χ1n) is 4.51. The van der Waals surface area contributed by atoms with Crippen molar-refractivity contribution in [3.8, 4) is 0 Å². The Labute approximate surface area is 65.1 Å². The first-order valence-corrected chi connectivity index (χ1v) is 4.51. The van der Waals surface area contributed by atoms with E-state index in [-0.39, 0.29) is 0 Å². The average molecular weight is 139 g/mol. The molecule has 1 saturated heterocycles. The topological polar surface area (TPSA) is 3.24 Å². The second-order valence-electron chi connectivity index (χ2n) is 3.76. The molecule has 0 radical (unpaired) electrons. The molecular weight excluding hydrogens is 121 g/mol. The molecule has 0 unspecified atom stereocenters. The van der Waals surface area contributed by atoms with Gasteiger partial charge < -0.3 is 4.81 Å². The molecule has 1 aliphatic rings. The van der Waals surface area contributed by atoms with E-state index >= 15 is 0 Å². The van der Waals surface area contributed by atoms with Crippen molar-refractivity contribution in [3.63, 3.8) is 0 Å². The molecule has 0 aliphatic carbocycles. The van der Waals surface area contributed by atoms with Crippen molar-refractivity contribution >= 4 is 7.41 Å². The van der Waals surface area contributed by atoms with Crippen LogP contribution >= 0.6 is 0 Å². The largest absolute Gasteiger partial charge is 0.345 e. The highest BCUT2D eigenvalue weighted by Gasteiger charge is 2.11. The molecule has 1 nitrogen and oxygen atoms in total. The van der Waals surface area contributed by atoms with Gasteiger partial charge in [-0.3, -0.25) is 0 Å². The summed E-state index contributed by atoms with van der Waals surface area (Å²) in [6.07, 6.45) is 4.30. The molecule has 10 heavy (non-hydrogen) atoms. The van der Waals surface area contributed by atoms with Crippen LogP contribution in [-0.4, -0.2) is 25.3 Å². The Morgan fingerprint density at radius 2 is 2.20 bits per heavy atom. The summed E-state index contributed by atoms with van der Waals surface area (Å²) in [6.45, 7) is 7.25. The zero-order valence-electron chi connectivity index (χ0n) is 7.27. The standard InChI is InChI=1S/C8H18BN/c1-8(2)7-10-6-4-3-5-9-10/h8-9H,3-7H2,1-2H3. The van der Waals surface area contributed by atoms with E-state index in [0.717, 1.165) is 5.92 Å². The Hall–Kier alpha value is 0.0249. The normalized spacial score (nSPS) is 21.1. The Morgan fingerprint density at radius 1 is 1.40 bits per heavy atom. The number of hydrogen-bond acceptors (Lipinski definition) is 1. The van der Waals surface area contributed by atoms with Gasteiger partial charge in [0.15, 0.2) is 0 Å². The molecule has 0 aromatic heterocycles. The van der Waals surface area contributed by atoms with Gasteiger partial charge in [0.05, 0.1) is 0 Å². The average Bonchev–Trinajstić information content (AvgIpc) is 1.88. The molecule has 0 bridgehead atoms. The summed E-state index contributed by atoms with van der Waals surface area (Å²) < 4.78 is 0. The Bertz CT molecular complexity index is 87.3. The minimum Gasteiger partial charge on any atom is -0.345 e. The van der Waals surface area contributed by atoms with E-state index in [2.05, 4.69) is 18.7 Å². The molecule has 1 heterocycles. The SMILES string of the molecule is CC(C)CN1BCCCC1. The maximum absolute atomic E-state index is 2.59. The maximum Gasteiger partial charge on any atom is 0.204 e. The first kappa shape index (κ1) is 8.12. The van der Waals surface area contributed by atoms with Crippen LogP contribution in [0.25, 0.3) is 0 Å². The zero-order valence-corrected chi connectivity index (χ0v) is 7.27. The highest BCUT2D eigenvalue weighted by atomic mass is 15.0. The van der Waals surface area contributed by atoms with Gasteiger partial charge in [0.25, 0.3) is 0 Å². The van der Waals surface area contributed by atoms with E-state index in [9.17, 15) is 0 Å². The van der Waals surface area contributed by atoms with Gasteiger partial charge in [0.1, 0.15) is 0 Å². The van der Waals surface area contributed by atoms with E-state index in [4.69, 9.17) is 0 Å². The lowest BCUT2D eigenvalue weighted by atomic mass is 9.79. The van der Waals surface area contributed by atoms with Crippen molar-refractivity contribution in [2.75, 3.05) is 13.1 Å². The van der Waals surface area contributed by atoms with Gasteiger partial charge in [0, 0.05) is 0 Å². The van der Waals surface area contributed by atoms with Crippen molar-refractivity contribution in [2.45, 2.75) is 33.0 Å². The molecule has 1 fully saturated rings. The molecular formula is C8H18BN. The van der Waals surface area contributed by atoms with E-state index < -0.39 is 0 Å². The summed E-state index contributed by atoms with van der Waals surface area (Å²) in [6, 6.07) is 0. The minimum absolute atomic E-state index is 0.845. The molecule has 0 amide bonds. The Balaban J connectivity index is 2.13. The molecule has 0 atom stereocenters. The van der Waals surface area contributed by atoms with Crippen molar-refractivity contribution in [1.29, 1.82) is 0 Å². The quantitative estimate of drug-likeness (QED) is 0.524. The van der Waals surface area contributed by atoms with Gasteiger partial charge in [-0.2, -0.15) is 0 Å². The third-order valence-corrected chi connectivity index (χ3v) is 2.07. The number of rotatable bonds is 2. The third-order valence-electron chi connectivity index (χ3n) is 2.07. The van der Waals surface area contributed by atoms with Gasteiger partial charge >= 0.3 is 0 Å². The zero-order chi connectivity index (χ0) is 7.40. The van der Waals surface area contributed by atoms with E-state index in [0.29, 0.717) is 0 Å².